The van der Waals surface area contributed by atoms with Gasteiger partial charge >= 0.3 is 0 Å². The first-order chi connectivity index (χ1) is 4.46. The SMILES string of the molecule is CC(C)(C)P1(=S)SCCS1. The molecule has 1 saturated heterocycles. The van der Waals surface area contributed by atoms with Gasteiger partial charge in [0.15, 0.2) is 0 Å². The molecule has 1 aliphatic heterocycles. The third kappa shape index (κ3) is 1.74. The second-order valence-corrected chi connectivity index (χ2v) is 15.6. The molecule has 60 valence electrons. The van der Waals surface area contributed by atoms with Crippen molar-refractivity contribution < 1.29 is 0 Å². The van der Waals surface area contributed by atoms with Gasteiger partial charge in [-0.3, -0.25) is 0 Å². The second kappa shape index (κ2) is 3.01. The molecule has 10 heavy (non-hydrogen) atoms. The third-order valence-corrected chi connectivity index (χ3v) is 16.6. The van der Waals surface area contributed by atoms with Crippen LogP contribution in [-0.2, 0) is 11.8 Å². The summed E-state index contributed by atoms with van der Waals surface area (Å²) in [6.45, 7) is 6.83. The summed E-state index contributed by atoms with van der Waals surface area (Å²) >= 11 is 9.72. The molecule has 0 spiro atoms. The average molecular weight is 212 g/mol. The Morgan fingerprint density at radius 2 is 1.60 bits per heavy atom. The smallest absolute Gasteiger partial charge is 0.0623 e. The minimum atomic E-state index is -1.09. The van der Waals surface area contributed by atoms with Crippen molar-refractivity contribution in [3.63, 3.8) is 0 Å². The van der Waals surface area contributed by atoms with E-state index in [2.05, 4.69) is 20.8 Å². The summed E-state index contributed by atoms with van der Waals surface area (Å²) in [5, 5.41) is 0.369. The van der Waals surface area contributed by atoms with Crippen molar-refractivity contribution in [3.8, 4) is 0 Å². The second-order valence-electron chi connectivity index (χ2n) is 3.33. The van der Waals surface area contributed by atoms with Crippen molar-refractivity contribution >= 4 is 39.0 Å². The molecule has 1 aliphatic rings. The van der Waals surface area contributed by atoms with Crippen molar-refractivity contribution in [1.29, 1.82) is 0 Å². The number of hydrogen-bond donors (Lipinski definition) is 0. The lowest BCUT2D eigenvalue weighted by molar-refractivity contribution is 0.799. The molecule has 4 heteroatoms. The Morgan fingerprint density at radius 1 is 1.20 bits per heavy atom. The van der Waals surface area contributed by atoms with Crippen LogP contribution in [0.2, 0.25) is 0 Å². The van der Waals surface area contributed by atoms with Crippen LogP contribution >= 0.6 is 27.2 Å². The van der Waals surface area contributed by atoms with Gasteiger partial charge in [-0.25, -0.2) is 0 Å². The van der Waals surface area contributed by atoms with Gasteiger partial charge in [-0.2, -0.15) is 0 Å². The predicted octanol–water partition coefficient (Wildman–Crippen LogP) is 3.57. The fourth-order valence-electron chi connectivity index (χ4n) is 0.739. The first-order valence-corrected chi connectivity index (χ1v) is 9.33. The van der Waals surface area contributed by atoms with Crippen LogP contribution in [0.25, 0.3) is 0 Å². The highest BCUT2D eigenvalue weighted by Crippen LogP contribution is 2.80. The molecule has 0 nitrogen and oxygen atoms in total. The van der Waals surface area contributed by atoms with Crippen LogP contribution in [0.4, 0.5) is 0 Å². The molecule has 0 atom stereocenters. The van der Waals surface area contributed by atoms with E-state index in [-0.39, 0.29) is 0 Å². The molecule has 1 heterocycles. The highest BCUT2D eigenvalue weighted by molar-refractivity contribution is 9.02. The lowest BCUT2D eigenvalue weighted by Crippen LogP contribution is -2.08. The van der Waals surface area contributed by atoms with Crippen molar-refractivity contribution in [2.24, 2.45) is 0 Å². The lowest BCUT2D eigenvalue weighted by Gasteiger charge is -2.28. The molecule has 0 radical (unpaired) electrons. The van der Waals surface area contributed by atoms with Gasteiger partial charge in [-0.1, -0.05) is 32.6 Å². The van der Waals surface area contributed by atoms with Crippen molar-refractivity contribution in [3.05, 3.63) is 0 Å². The third-order valence-electron chi connectivity index (χ3n) is 1.43. The first kappa shape index (κ1) is 9.44. The molecule has 0 saturated carbocycles. The molecule has 0 bridgehead atoms. The molecule has 0 amide bonds. The fourth-order valence-corrected chi connectivity index (χ4v) is 11.4. The summed E-state index contributed by atoms with van der Waals surface area (Å²) in [4.78, 5) is 0. The van der Waals surface area contributed by atoms with E-state index in [0.717, 1.165) is 0 Å². The van der Waals surface area contributed by atoms with Crippen LogP contribution in [-0.4, -0.2) is 16.7 Å². The van der Waals surface area contributed by atoms with Gasteiger partial charge in [-0.05, 0) is 0 Å². The highest BCUT2D eigenvalue weighted by atomic mass is 33.2. The summed E-state index contributed by atoms with van der Waals surface area (Å²) in [6, 6.07) is 0. The average Bonchev–Trinajstić information content (AvgIpc) is 2.13. The van der Waals surface area contributed by atoms with E-state index in [1.165, 1.54) is 11.5 Å². The molecule has 1 rings (SSSR count). The molecule has 0 aromatic rings. The summed E-state index contributed by atoms with van der Waals surface area (Å²) < 4.78 is -1.09. The van der Waals surface area contributed by atoms with E-state index in [1.807, 2.05) is 22.8 Å². The van der Waals surface area contributed by atoms with Crippen molar-refractivity contribution in [2.75, 3.05) is 11.5 Å². The lowest BCUT2D eigenvalue weighted by atomic mass is 10.3. The minimum Gasteiger partial charge on any atom is -0.113 e. The molecule has 0 unspecified atom stereocenters. The normalized spacial score (nSPS) is 25.1. The van der Waals surface area contributed by atoms with E-state index in [0.29, 0.717) is 5.16 Å². The molecular formula is C6H13PS3. The molecule has 0 aromatic carbocycles. The van der Waals surface area contributed by atoms with Crippen molar-refractivity contribution in [1.82, 2.24) is 0 Å². The minimum absolute atomic E-state index is 0.369. The first-order valence-electron chi connectivity index (χ1n) is 3.35. The zero-order valence-corrected chi connectivity index (χ0v) is 9.93. The topological polar surface area (TPSA) is 0 Å². The van der Waals surface area contributed by atoms with Gasteiger partial charge in [0, 0.05) is 16.7 Å². The fraction of sp³-hybridized carbons (Fsp3) is 1.00. The largest absolute Gasteiger partial charge is 0.113 e. The van der Waals surface area contributed by atoms with E-state index < -0.39 is 4.44 Å². The van der Waals surface area contributed by atoms with Gasteiger partial charge < -0.3 is 0 Å². The van der Waals surface area contributed by atoms with Crippen LogP contribution in [0, 0.1) is 0 Å². The van der Waals surface area contributed by atoms with Gasteiger partial charge in [0.1, 0.15) is 0 Å². The zero-order valence-electron chi connectivity index (χ0n) is 6.59. The molecule has 1 fully saturated rings. The van der Waals surface area contributed by atoms with E-state index >= 15 is 0 Å². The van der Waals surface area contributed by atoms with E-state index in [4.69, 9.17) is 11.8 Å². The summed E-state index contributed by atoms with van der Waals surface area (Å²) in [7, 11) is 0. The Hall–Kier alpha value is 1.35. The molecular weight excluding hydrogens is 199 g/mol. The maximum absolute atomic E-state index is 5.64. The Kier molecular flexibility index (Phi) is 2.84. The number of hydrogen-bond acceptors (Lipinski definition) is 3. The Bertz CT molecular complexity index is 160. The maximum Gasteiger partial charge on any atom is 0.0623 e. The van der Waals surface area contributed by atoms with Gasteiger partial charge in [-0.15, -0.1) is 22.8 Å². The Labute approximate surface area is 76.4 Å². The van der Waals surface area contributed by atoms with Gasteiger partial charge in [0.25, 0.3) is 0 Å². The summed E-state index contributed by atoms with van der Waals surface area (Å²) in [6.07, 6.45) is 0. The van der Waals surface area contributed by atoms with Crippen molar-refractivity contribution in [2.45, 2.75) is 25.9 Å². The van der Waals surface area contributed by atoms with Gasteiger partial charge in [0.2, 0.25) is 0 Å². The monoisotopic (exact) mass is 212 g/mol. The van der Waals surface area contributed by atoms with Crippen LogP contribution < -0.4 is 0 Å². The standard InChI is InChI=1S/C6H13PS3/c1-6(2,3)7(8)9-4-5-10-7/h4-5H2,1-3H3. The van der Waals surface area contributed by atoms with Crippen LogP contribution in [0.5, 0.6) is 0 Å². The van der Waals surface area contributed by atoms with E-state index in [1.54, 1.807) is 0 Å². The Balaban J connectivity index is 2.78. The maximum atomic E-state index is 5.64. The summed E-state index contributed by atoms with van der Waals surface area (Å²) in [5.41, 5.74) is 0. The zero-order chi connectivity index (χ0) is 7.83. The number of rotatable bonds is 0. The molecule has 0 aromatic heterocycles. The van der Waals surface area contributed by atoms with Crippen LogP contribution in [0.3, 0.4) is 0 Å². The van der Waals surface area contributed by atoms with Crippen LogP contribution in [0.15, 0.2) is 0 Å². The highest BCUT2D eigenvalue weighted by Gasteiger charge is 2.35. The molecule has 0 aliphatic carbocycles. The predicted molar refractivity (Wildman–Crippen MR) is 59.0 cm³/mol. The van der Waals surface area contributed by atoms with E-state index in [9.17, 15) is 0 Å². The molecule has 0 N–H and O–H groups in total. The Morgan fingerprint density at radius 3 is 1.80 bits per heavy atom. The van der Waals surface area contributed by atoms with Crippen LogP contribution in [0.1, 0.15) is 20.8 Å². The quantitative estimate of drug-likeness (QED) is 0.563. The summed E-state index contributed by atoms with van der Waals surface area (Å²) in [5.74, 6) is 2.55. The van der Waals surface area contributed by atoms with Gasteiger partial charge in [0.05, 0.1) is 4.44 Å².